The maximum absolute atomic E-state index is 5.98. The van der Waals surface area contributed by atoms with E-state index in [-0.39, 0.29) is 6.79 Å². The summed E-state index contributed by atoms with van der Waals surface area (Å²) in [5.74, 6) is 1.75. The summed E-state index contributed by atoms with van der Waals surface area (Å²) in [6, 6.07) is 5.70. The van der Waals surface area contributed by atoms with Crippen molar-refractivity contribution >= 4 is 17.2 Å². The Morgan fingerprint density at radius 1 is 1.19 bits per heavy atom. The van der Waals surface area contributed by atoms with Crippen molar-refractivity contribution in [3.05, 3.63) is 34.5 Å². The normalized spacial score (nSPS) is 12.8. The Labute approximate surface area is 124 Å². The summed E-state index contributed by atoms with van der Waals surface area (Å²) in [6.45, 7) is 2.29. The summed E-state index contributed by atoms with van der Waals surface area (Å²) in [7, 11) is 0. The summed E-state index contributed by atoms with van der Waals surface area (Å²) in [5.41, 5.74) is 10.6. The molecule has 0 aliphatic carbocycles. The van der Waals surface area contributed by atoms with Crippen LogP contribution in [-0.4, -0.2) is 11.9 Å². The van der Waals surface area contributed by atoms with Gasteiger partial charge in [-0.3, -0.25) is 0 Å². The second-order valence-corrected chi connectivity index (χ2v) is 5.55. The van der Waals surface area contributed by atoms with E-state index in [0.29, 0.717) is 11.6 Å². The van der Waals surface area contributed by atoms with Gasteiger partial charge in [0.25, 0.3) is 0 Å². The number of rotatable bonds is 2. The fourth-order valence-electron chi connectivity index (χ4n) is 2.42. The van der Waals surface area contributed by atoms with Crippen LogP contribution in [0.2, 0.25) is 0 Å². The van der Waals surface area contributed by atoms with E-state index >= 15 is 0 Å². The lowest BCUT2D eigenvalue weighted by molar-refractivity contribution is 0.174. The van der Waals surface area contributed by atoms with Crippen LogP contribution in [0.5, 0.6) is 11.5 Å². The average Bonchev–Trinajstić information content (AvgIpc) is 3.17. The molecule has 0 fully saturated rings. The van der Waals surface area contributed by atoms with Gasteiger partial charge in [-0.05, 0) is 35.6 Å². The second kappa shape index (κ2) is 4.53. The fraction of sp³-hybridized carbons (Fsp3) is 0.133. The van der Waals surface area contributed by atoms with Crippen molar-refractivity contribution in [1.82, 2.24) is 5.16 Å². The SMILES string of the molecule is Cc1cscc1-c1noc(N)c1-c1ccc2c(c1)OCO2. The standard InChI is InChI=1S/C15H12N2O3S/c1-8-5-21-6-10(8)14-13(15(16)20-17-14)9-2-3-11-12(4-9)19-7-18-11/h2-6H,7,16H2,1H3. The molecule has 0 saturated heterocycles. The Hall–Kier alpha value is -2.47. The first-order chi connectivity index (χ1) is 10.2. The molecule has 0 amide bonds. The van der Waals surface area contributed by atoms with Crippen LogP contribution >= 0.6 is 11.3 Å². The number of hydrogen-bond acceptors (Lipinski definition) is 6. The molecule has 1 aliphatic heterocycles. The van der Waals surface area contributed by atoms with Gasteiger partial charge in [-0.15, -0.1) is 0 Å². The van der Waals surface area contributed by atoms with Crippen LogP contribution in [0, 0.1) is 6.92 Å². The minimum absolute atomic E-state index is 0.244. The molecule has 2 aromatic heterocycles. The maximum atomic E-state index is 5.98. The predicted octanol–water partition coefficient (Wildman–Crippen LogP) is 3.69. The number of nitrogens with zero attached hydrogens (tertiary/aromatic N) is 1. The van der Waals surface area contributed by atoms with Gasteiger partial charge in [0.15, 0.2) is 11.5 Å². The summed E-state index contributed by atoms with van der Waals surface area (Å²) in [6.07, 6.45) is 0. The highest BCUT2D eigenvalue weighted by atomic mass is 32.1. The maximum Gasteiger partial charge on any atom is 0.231 e. The van der Waals surface area contributed by atoms with Crippen LogP contribution in [0.4, 0.5) is 5.88 Å². The highest BCUT2D eigenvalue weighted by Gasteiger charge is 2.22. The van der Waals surface area contributed by atoms with Crippen molar-refractivity contribution in [1.29, 1.82) is 0 Å². The van der Waals surface area contributed by atoms with E-state index in [4.69, 9.17) is 19.7 Å². The monoisotopic (exact) mass is 300 g/mol. The molecule has 1 aliphatic rings. The van der Waals surface area contributed by atoms with E-state index in [9.17, 15) is 0 Å². The number of anilines is 1. The molecule has 0 radical (unpaired) electrons. The smallest absolute Gasteiger partial charge is 0.231 e. The number of thiophene rings is 1. The molecule has 3 aromatic rings. The lowest BCUT2D eigenvalue weighted by atomic mass is 10.0. The van der Waals surface area contributed by atoms with E-state index in [1.807, 2.05) is 30.5 Å². The number of benzene rings is 1. The van der Waals surface area contributed by atoms with Crippen molar-refractivity contribution < 1.29 is 14.0 Å². The van der Waals surface area contributed by atoms with E-state index in [0.717, 1.165) is 33.7 Å². The lowest BCUT2D eigenvalue weighted by Gasteiger charge is -2.04. The van der Waals surface area contributed by atoms with Crippen LogP contribution in [0.15, 0.2) is 33.5 Å². The summed E-state index contributed by atoms with van der Waals surface area (Å²) in [5, 5.41) is 8.24. The molecule has 106 valence electrons. The fourth-order valence-corrected chi connectivity index (χ4v) is 3.25. The third-order valence-corrected chi connectivity index (χ3v) is 4.35. The third kappa shape index (κ3) is 1.87. The number of nitrogens with two attached hydrogens (primary N) is 1. The third-order valence-electron chi connectivity index (χ3n) is 3.49. The van der Waals surface area contributed by atoms with E-state index in [1.54, 1.807) is 11.3 Å². The minimum atomic E-state index is 0.244. The molecular weight excluding hydrogens is 288 g/mol. The van der Waals surface area contributed by atoms with E-state index in [2.05, 4.69) is 10.5 Å². The number of aromatic nitrogens is 1. The van der Waals surface area contributed by atoms with Crippen molar-refractivity contribution in [3.8, 4) is 33.9 Å². The molecule has 0 atom stereocenters. The van der Waals surface area contributed by atoms with Crippen LogP contribution < -0.4 is 15.2 Å². The quantitative estimate of drug-likeness (QED) is 0.781. The van der Waals surface area contributed by atoms with Crippen LogP contribution in [0.1, 0.15) is 5.56 Å². The molecule has 0 unspecified atom stereocenters. The molecule has 0 spiro atoms. The second-order valence-electron chi connectivity index (χ2n) is 4.81. The molecule has 4 rings (SSSR count). The Morgan fingerprint density at radius 3 is 2.86 bits per heavy atom. The Kier molecular flexibility index (Phi) is 2.65. The van der Waals surface area contributed by atoms with E-state index < -0.39 is 0 Å². The molecule has 2 N–H and O–H groups in total. The minimum Gasteiger partial charge on any atom is -0.454 e. The summed E-state index contributed by atoms with van der Waals surface area (Å²) in [4.78, 5) is 0. The molecule has 0 bridgehead atoms. The van der Waals surface area contributed by atoms with Gasteiger partial charge >= 0.3 is 0 Å². The topological polar surface area (TPSA) is 70.5 Å². The highest BCUT2D eigenvalue weighted by Crippen LogP contribution is 2.42. The lowest BCUT2D eigenvalue weighted by Crippen LogP contribution is -1.92. The Morgan fingerprint density at radius 2 is 2.05 bits per heavy atom. The van der Waals surface area contributed by atoms with E-state index in [1.165, 1.54) is 0 Å². The molecule has 0 saturated carbocycles. The number of aryl methyl sites for hydroxylation is 1. The van der Waals surface area contributed by atoms with Gasteiger partial charge in [0, 0.05) is 10.9 Å². The van der Waals surface area contributed by atoms with Crippen molar-refractivity contribution in [2.75, 3.05) is 12.5 Å². The van der Waals surface area contributed by atoms with Gasteiger partial charge in [-0.1, -0.05) is 11.2 Å². The average molecular weight is 300 g/mol. The van der Waals surface area contributed by atoms with Crippen LogP contribution in [0.25, 0.3) is 22.4 Å². The van der Waals surface area contributed by atoms with Crippen LogP contribution in [-0.2, 0) is 0 Å². The number of fused-ring (bicyclic) bond motifs is 1. The van der Waals surface area contributed by atoms with Gasteiger partial charge in [-0.2, -0.15) is 11.3 Å². The largest absolute Gasteiger partial charge is 0.454 e. The van der Waals surface area contributed by atoms with Crippen molar-refractivity contribution in [2.24, 2.45) is 0 Å². The molecule has 1 aromatic carbocycles. The van der Waals surface area contributed by atoms with Gasteiger partial charge in [-0.25, -0.2) is 0 Å². The highest BCUT2D eigenvalue weighted by molar-refractivity contribution is 7.08. The molecule has 3 heterocycles. The van der Waals surface area contributed by atoms with Gasteiger partial charge in [0.05, 0.1) is 5.56 Å². The first kappa shape index (κ1) is 12.3. The summed E-state index contributed by atoms with van der Waals surface area (Å²) >= 11 is 1.63. The first-order valence-corrected chi connectivity index (χ1v) is 7.36. The molecular formula is C15H12N2O3S. The molecule has 5 nitrogen and oxygen atoms in total. The number of nitrogen functional groups attached to an aromatic ring is 1. The van der Waals surface area contributed by atoms with Crippen molar-refractivity contribution in [2.45, 2.75) is 6.92 Å². The molecule has 6 heteroatoms. The molecule has 21 heavy (non-hydrogen) atoms. The van der Waals surface area contributed by atoms with Gasteiger partial charge in [0.2, 0.25) is 12.7 Å². The predicted molar refractivity (Wildman–Crippen MR) is 80.5 cm³/mol. The zero-order chi connectivity index (χ0) is 14.4. The van der Waals surface area contributed by atoms with Crippen LogP contribution in [0.3, 0.4) is 0 Å². The number of ether oxygens (including phenoxy) is 2. The summed E-state index contributed by atoms with van der Waals surface area (Å²) < 4.78 is 16.0. The first-order valence-electron chi connectivity index (χ1n) is 6.42. The van der Waals surface area contributed by atoms with Crippen molar-refractivity contribution in [3.63, 3.8) is 0 Å². The zero-order valence-electron chi connectivity index (χ0n) is 11.3. The van der Waals surface area contributed by atoms with Gasteiger partial charge in [0.1, 0.15) is 5.69 Å². The Balaban J connectivity index is 1.89. The zero-order valence-corrected chi connectivity index (χ0v) is 12.1. The Bertz CT molecular complexity index is 822. The van der Waals surface area contributed by atoms with Gasteiger partial charge < -0.3 is 19.7 Å². The number of hydrogen-bond donors (Lipinski definition) is 1.